The summed E-state index contributed by atoms with van der Waals surface area (Å²) in [5.74, 6) is 0. The lowest BCUT2D eigenvalue weighted by molar-refractivity contribution is -0.325. The number of halogens is 4. The van der Waals surface area contributed by atoms with E-state index in [1.807, 2.05) is 4.90 Å². The average Bonchev–Trinajstić information content (AvgIpc) is 2.43. The molecule has 1 heterocycles. The van der Waals surface area contributed by atoms with E-state index in [0.29, 0.717) is 6.54 Å². The van der Waals surface area contributed by atoms with Crippen LogP contribution in [0.5, 0.6) is 0 Å². The van der Waals surface area contributed by atoms with Gasteiger partial charge in [-0.05, 0) is 19.5 Å². The molecule has 1 saturated heterocycles. The fraction of sp³-hybridized carbons (Fsp3) is 1.00. The minimum atomic E-state index is -4.51. The average molecular weight is 319 g/mol. The molecule has 0 aliphatic carbocycles. The van der Waals surface area contributed by atoms with Crippen molar-refractivity contribution in [2.24, 2.45) is 0 Å². The lowest BCUT2D eigenvalue weighted by Crippen LogP contribution is -2.34. The highest BCUT2D eigenvalue weighted by atomic mass is 79.9. The molecule has 1 aliphatic rings. The maximum absolute atomic E-state index is 11.8. The van der Waals surface area contributed by atoms with Gasteiger partial charge >= 0.3 is 6.36 Å². The second-order valence-corrected chi connectivity index (χ2v) is 4.81. The normalized spacial score (nSPS) is 20.5. The molecule has 102 valence electrons. The van der Waals surface area contributed by atoms with Gasteiger partial charge in [0.15, 0.2) is 0 Å². The Labute approximate surface area is 108 Å². The van der Waals surface area contributed by atoms with E-state index >= 15 is 0 Å². The highest BCUT2D eigenvalue weighted by Crippen LogP contribution is 2.15. The molecular weight excluding hydrogens is 301 g/mol. The standard InChI is InChI=1S/C10H18BrF3N2O/c11-2-5-15-3-1-4-16(7-6-15)8-9-17-10(12,13)14/h1-9H2. The van der Waals surface area contributed by atoms with E-state index < -0.39 is 6.36 Å². The van der Waals surface area contributed by atoms with Crippen LogP contribution in [0.25, 0.3) is 0 Å². The Morgan fingerprint density at radius 2 is 1.59 bits per heavy atom. The predicted octanol–water partition coefficient (Wildman–Crippen LogP) is 1.93. The summed E-state index contributed by atoms with van der Waals surface area (Å²) in [6.07, 6.45) is -3.51. The Bertz CT molecular complexity index is 216. The Balaban J connectivity index is 2.18. The fourth-order valence-corrected chi connectivity index (χ4v) is 2.38. The third-order valence-electron chi connectivity index (χ3n) is 2.76. The molecule has 1 fully saturated rings. The van der Waals surface area contributed by atoms with Crippen molar-refractivity contribution in [1.29, 1.82) is 0 Å². The zero-order chi connectivity index (χ0) is 12.7. The maximum Gasteiger partial charge on any atom is 0.522 e. The van der Waals surface area contributed by atoms with Gasteiger partial charge in [-0.1, -0.05) is 15.9 Å². The Kier molecular flexibility index (Phi) is 6.76. The van der Waals surface area contributed by atoms with Gasteiger partial charge in [0.2, 0.25) is 0 Å². The molecule has 0 aromatic rings. The quantitative estimate of drug-likeness (QED) is 0.720. The molecule has 7 heteroatoms. The monoisotopic (exact) mass is 318 g/mol. The van der Waals surface area contributed by atoms with Gasteiger partial charge in [0, 0.05) is 31.5 Å². The molecule has 0 aromatic heterocycles. The maximum atomic E-state index is 11.8. The van der Waals surface area contributed by atoms with E-state index in [2.05, 4.69) is 25.6 Å². The van der Waals surface area contributed by atoms with E-state index in [9.17, 15) is 13.2 Å². The highest BCUT2D eigenvalue weighted by Gasteiger charge is 2.29. The summed E-state index contributed by atoms with van der Waals surface area (Å²) in [6.45, 7) is 4.66. The predicted molar refractivity (Wildman–Crippen MR) is 63.3 cm³/mol. The van der Waals surface area contributed by atoms with Crippen LogP contribution in [-0.4, -0.2) is 67.4 Å². The minimum Gasteiger partial charge on any atom is -0.301 e. The third kappa shape index (κ3) is 7.23. The molecule has 0 saturated carbocycles. The summed E-state index contributed by atoms with van der Waals surface area (Å²) in [4.78, 5) is 4.35. The largest absolute Gasteiger partial charge is 0.522 e. The van der Waals surface area contributed by atoms with E-state index in [4.69, 9.17) is 0 Å². The summed E-state index contributed by atoms with van der Waals surface area (Å²) in [6, 6.07) is 0. The first-order valence-corrected chi connectivity index (χ1v) is 6.85. The van der Waals surface area contributed by atoms with Crippen LogP contribution in [0.3, 0.4) is 0 Å². The molecule has 0 spiro atoms. The van der Waals surface area contributed by atoms with Crippen LogP contribution in [0.15, 0.2) is 0 Å². The van der Waals surface area contributed by atoms with Crippen molar-refractivity contribution in [2.75, 3.05) is 51.2 Å². The highest BCUT2D eigenvalue weighted by molar-refractivity contribution is 9.09. The molecule has 17 heavy (non-hydrogen) atoms. The Morgan fingerprint density at radius 1 is 1.00 bits per heavy atom. The van der Waals surface area contributed by atoms with Crippen molar-refractivity contribution < 1.29 is 17.9 Å². The van der Waals surface area contributed by atoms with Gasteiger partial charge in [-0.2, -0.15) is 0 Å². The van der Waals surface area contributed by atoms with E-state index in [1.165, 1.54) is 0 Å². The number of alkyl halides is 4. The number of nitrogens with zero attached hydrogens (tertiary/aromatic N) is 2. The van der Waals surface area contributed by atoms with E-state index in [1.54, 1.807) is 0 Å². The molecule has 0 N–H and O–H groups in total. The molecule has 0 aromatic carbocycles. The fourth-order valence-electron chi connectivity index (χ4n) is 1.88. The lowest BCUT2D eigenvalue weighted by atomic mass is 10.4. The van der Waals surface area contributed by atoms with Gasteiger partial charge in [0.05, 0.1) is 6.61 Å². The van der Waals surface area contributed by atoms with Crippen LogP contribution >= 0.6 is 15.9 Å². The Hall–Kier alpha value is 0.150. The van der Waals surface area contributed by atoms with Crippen LogP contribution in [0.1, 0.15) is 6.42 Å². The minimum absolute atomic E-state index is 0.276. The number of hydrogen-bond acceptors (Lipinski definition) is 3. The van der Waals surface area contributed by atoms with Crippen LogP contribution in [0, 0.1) is 0 Å². The topological polar surface area (TPSA) is 15.7 Å². The first-order valence-electron chi connectivity index (χ1n) is 5.72. The zero-order valence-electron chi connectivity index (χ0n) is 9.68. The number of ether oxygens (including phenoxy) is 1. The molecule has 0 unspecified atom stereocenters. The summed E-state index contributed by atoms with van der Waals surface area (Å²) >= 11 is 3.39. The van der Waals surface area contributed by atoms with Crippen LogP contribution in [0.2, 0.25) is 0 Å². The van der Waals surface area contributed by atoms with Gasteiger partial charge in [-0.25, -0.2) is 0 Å². The van der Waals surface area contributed by atoms with Gasteiger partial charge < -0.3 is 4.90 Å². The summed E-state index contributed by atoms with van der Waals surface area (Å²) in [7, 11) is 0. The molecule has 0 radical (unpaired) electrons. The first kappa shape index (κ1) is 15.2. The lowest BCUT2D eigenvalue weighted by Gasteiger charge is -2.21. The second-order valence-electron chi connectivity index (χ2n) is 4.02. The van der Waals surface area contributed by atoms with Crippen LogP contribution in [0.4, 0.5) is 13.2 Å². The summed E-state index contributed by atoms with van der Waals surface area (Å²) in [5.41, 5.74) is 0. The Morgan fingerprint density at radius 3 is 2.12 bits per heavy atom. The van der Waals surface area contributed by atoms with Gasteiger partial charge in [0.1, 0.15) is 0 Å². The van der Waals surface area contributed by atoms with Crippen molar-refractivity contribution in [2.45, 2.75) is 12.8 Å². The summed E-state index contributed by atoms with van der Waals surface area (Å²) < 4.78 is 39.2. The molecule has 0 atom stereocenters. The van der Waals surface area contributed by atoms with E-state index in [0.717, 1.165) is 44.5 Å². The number of rotatable bonds is 5. The van der Waals surface area contributed by atoms with Crippen LogP contribution in [-0.2, 0) is 4.74 Å². The molecule has 3 nitrogen and oxygen atoms in total. The summed E-state index contributed by atoms with van der Waals surface area (Å²) in [5, 5.41) is 0.935. The first-order chi connectivity index (χ1) is 8.01. The zero-order valence-corrected chi connectivity index (χ0v) is 11.3. The van der Waals surface area contributed by atoms with Crippen molar-refractivity contribution in [1.82, 2.24) is 9.80 Å². The second kappa shape index (κ2) is 7.56. The molecule has 1 aliphatic heterocycles. The van der Waals surface area contributed by atoms with Crippen LogP contribution < -0.4 is 0 Å². The molecule has 0 amide bonds. The van der Waals surface area contributed by atoms with Gasteiger partial charge in [-0.3, -0.25) is 9.64 Å². The van der Waals surface area contributed by atoms with Crippen molar-refractivity contribution in [3.8, 4) is 0 Å². The van der Waals surface area contributed by atoms with E-state index in [-0.39, 0.29) is 6.61 Å². The van der Waals surface area contributed by atoms with Gasteiger partial charge in [0.25, 0.3) is 0 Å². The van der Waals surface area contributed by atoms with Crippen molar-refractivity contribution in [3.63, 3.8) is 0 Å². The van der Waals surface area contributed by atoms with Crippen molar-refractivity contribution in [3.05, 3.63) is 0 Å². The third-order valence-corrected chi connectivity index (χ3v) is 3.11. The number of hydrogen-bond donors (Lipinski definition) is 0. The smallest absolute Gasteiger partial charge is 0.301 e. The molecule has 1 rings (SSSR count). The SMILES string of the molecule is FC(F)(F)OCCN1CCCN(CCBr)CC1. The van der Waals surface area contributed by atoms with Gasteiger partial charge in [-0.15, -0.1) is 13.2 Å². The molecular formula is C10H18BrF3N2O. The van der Waals surface area contributed by atoms with Crippen molar-refractivity contribution >= 4 is 15.9 Å². The molecule has 0 bridgehead atoms.